The summed E-state index contributed by atoms with van der Waals surface area (Å²) in [4.78, 5) is 25.9. The highest BCUT2D eigenvalue weighted by molar-refractivity contribution is 6.15. The minimum absolute atomic E-state index is 0.0599. The van der Waals surface area contributed by atoms with Gasteiger partial charge in [-0.25, -0.2) is 0 Å². The van der Waals surface area contributed by atoms with Crippen molar-refractivity contribution in [2.45, 2.75) is 72.6 Å². The lowest BCUT2D eigenvalue weighted by Crippen LogP contribution is -2.26. The molecule has 2 saturated carbocycles. The number of rotatable bonds is 3. The lowest BCUT2D eigenvalue weighted by Gasteiger charge is -2.34. The molecule has 1 aromatic carbocycles. The molecule has 5 atom stereocenters. The summed E-state index contributed by atoms with van der Waals surface area (Å²) < 4.78 is 0. The molecule has 25 heavy (non-hydrogen) atoms. The van der Waals surface area contributed by atoms with Crippen LogP contribution >= 0.6 is 0 Å². The van der Waals surface area contributed by atoms with E-state index in [1.165, 1.54) is 24.8 Å². The maximum absolute atomic E-state index is 13.1. The summed E-state index contributed by atoms with van der Waals surface area (Å²) in [5.41, 5.74) is 4.35. The van der Waals surface area contributed by atoms with Crippen LogP contribution in [0.15, 0.2) is 12.1 Å². The molecule has 0 aliphatic heterocycles. The Balaban J connectivity index is 1.81. The van der Waals surface area contributed by atoms with Gasteiger partial charge in [-0.2, -0.15) is 0 Å². The molecule has 2 aliphatic carbocycles. The molecule has 0 radical (unpaired) electrons. The van der Waals surface area contributed by atoms with Crippen molar-refractivity contribution in [3.8, 4) is 0 Å². The molecular formula is C23H32O2. The Labute approximate surface area is 152 Å². The van der Waals surface area contributed by atoms with E-state index in [-0.39, 0.29) is 17.5 Å². The Kier molecular flexibility index (Phi) is 5.18. The van der Waals surface area contributed by atoms with Crippen molar-refractivity contribution in [3.05, 3.63) is 34.4 Å². The predicted octanol–water partition coefficient (Wildman–Crippen LogP) is 5.32. The van der Waals surface area contributed by atoms with Crippen LogP contribution in [0, 0.1) is 44.4 Å². The predicted molar refractivity (Wildman–Crippen MR) is 102 cm³/mol. The van der Waals surface area contributed by atoms with E-state index in [2.05, 4.69) is 32.9 Å². The first-order chi connectivity index (χ1) is 11.8. The second-order valence-corrected chi connectivity index (χ2v) is 8.91. The largest absolute Gasteiger partial charge is 0.298 e. The number of carbonyl (C=O) groups excluding carboxylic acids is 2. The quantitative estimate of drug-likeness (QED) is 0.698. The fourth-order valence-electron chi connectivity index (χ4n) is 5.35. The Morgan fingerprint density at radius 3 is 2.28 bits per heavy atom. The highest BCUT2D eigenvalue weighted by atomic mass is 16.2. The highest BCUT2D eigenvalue weighted by Crippen LogP contribution is 2.43. The van der Waals surface area contributed by atoms with Crippen LogP contribution < -0.4 is 0 Å². The Hall–Kier alpha value is -1.44. The van der Waals surface area contributed by atoms with Crippen LogP contribution in [0.4, 0.5) is 0 Å². The van der Waals surface area contributed by atoms with Gasteiger partial charge >= 0.3 is 0 Å². The fraction of sp³-hybridized carbons (Fsp3) is 0.652. The van der Waals surface area contributed by atoms with Crippen LogP contribution in [0.1, 0.15) is 74.1 Å². The van der Waals surface area contributed by atoms with Gasteiger partial charge in [-0.1, -0.05) is 44.4 Å². The third-order valence-corrected chi connectivity index (χ3v) is 6.70. The zero-order chi connectivity index (χ0) is 18.3. The molecule has 0 bridgehead atoms. The third kappa shape index (κ3) is 3.59. The Bertz CT molecular complexity index is 664. The first kappa shape index (κ1) is 18.4. The highest BCUT2D eigenvalue weighted by Gasteiger charge is 2.44. The minimum Gasteiger partial charge on any atom is -0.298 e. The van der Waals surface area contributed by atoms with Gasteiger partial charge in [-0.05, 0) is 68.1 Å². The van der Waals surface area contributed by atoms with Crippen molar-refractivity contribution in [3.63, 3.8) is 0 Å². The molecule has 0 heterocycles. The number of benzene rings is 1. The number of ketones is 2. The van der Waals surface area contributed by atoms with Gasteiger partial charge in [0.2, 0.25) is 0 Å². The van der Waals surface area contributed by atoms with Gasteiger partial charge in [-0.15, -0.1) is 0 Å². The first-order valence-electron chi connectivity index (χ1n) is 9.92. The van der Waals surface area contributed by atoms with Crippen molar-refractivity contribution < 1.29 is 9.59 Å². The third-order valence-electron chi connectivity index (χ3n) is 6.70. The van der Waals surface area contributed by atoms with Crippen molar-refractivity contribution in [2.24, 2.45) is 23.7 Å². The molecule has 2 aliphatic rings. The van der Waals surface area contributed by atoms with Gasteiger partial charge < -0.3 is 0 Å². The lowest BCUT2D eigenvalue weighted by molar-refractivity contribution is -0.125. The van der Waals surface area contributed by atoms with Gasteiger partial charge in [0.25, 0.3) is 0 Å². The summed E-state index contributed by atoms with van der Waals surface area (Å²) >= 11 is 0. The lowest BCUT2D eigenvalue weighted by atomic mass is 9.71. The van der Waals surface area contributed by atoms with Gasteiger partial charge in [0.15, 0.2) is 5.78 Å². The zero-order valence-electron chi connectivity index (χ0n) is 16.4. The van der Waals surface area contributed by atoms with E-state index < -0.39 is 5.92 Å². The first-order valence-corrected chi connectivity index (χ1v) is 9.92. The van der Waals surface area contributed by atoms with Crippen LogP contribution in [0.2, 0.25) is 0 Å². The maximum atomic E-state index is 13.1. The standard InChI is InChI=1S/C23H32O2/c1-13-6-7-15(3)18(10-13)11-19-12-20(24)22(23(19)25)21-16(4)8-14(2)9-17(21)5/h8-9,13,15,18-19,22H,6-7,10-12H2,1-5H3. The summed E-state index contributed by atoms with van der Waals surface area (Å²) in [7, 11) is 0. The number of hydrogen-bond donors (Lipinski definition) is 0. The van der Waals surface area contributed by atoms with Gasteiger partial charge in [-0.3, -0.25) is 9.59 Å². The Morgan fingerprint density at radius 2 is 1.64 bits per heavy atom. The smallest absolute Gasteiger partial charge is 0.151 e. The number of aryl methyl sites for hydroxylation is 3. The zero-order valence-corrected chi connectivity index (χ0v) is 16.4. The van der Waals surface area contributed by atoms with Crippen molar-refractivity contribution in [2.75, 3.05) is 0 Å². The Morgan fingerprint density at radius 1 is 1.00 bits per heavy atom. The average molecular weight is 341 g/mol. The molecule has 2 nitrogen and oxygen atoms in total. The van der Waals surface area contributed by atoms with Crippen LogP contribution in [-0.4, -0.2) is 11.6 Å². The summed E-state index contributed by atoms with van der Waals surface area (Å²) in [6.45, 7) is 10.8. The van der Waals surface area contributed by atoms with E-state index in [1.54, 1.807) is 0 Å². The summed E-state index contributed by atoms with van der Waals surface area (Å²) in [6.07, 6.45) is 5.15. The molecule has 0 N–H and O–H groups in total. The van der Waals surface area contributed by atoms with Crippen molar-refractivity contribution >= 4 is 11.6 Å². The molecule has 0 saturated heterocycles. The van der Waals surface area contributed by atoms with Gasteiger partial charge in [0.05, 0.1) is 0 Å². The number of Topliss-reactive ketones (excluding diaryl/α,β-unsaturated/α-hetero) is 2. The number of carbonyl (C=O) groups is 2. The molecule has 136 valence electrons. The normalized spacial score (nSPS) is 33.1. The van der Waals surface area contributed by atoms with Crippen molar-refractivity contribution in [1.29, 1.82) is 0 Å². The monoisotopic (exact) mass is 340 g/mol. The fourth-order valence-corrected chi connectivity index (χ4v) is 5.35. The molecule has 0 amide bonds. The summed E-state index contributed by atoms with van der Waals surface area (Å²) in [5, 5.41) is 0. The van der Waals surface area contributed by atoms with E-state index >= 15 is 0 Å². The minimum atomic E-state index is -0.512. The van der Waals surface area contributed by atoms with E-state index in [4.69, 9.17) is 0 Å². The van der Waals surface area contributed by atoms with Crippen LogP contribution in [0.25, 0.3) is 0 Å². The summed E-state index contributed by atoms with van der Waals surface area (Å²) in [5.74, 6) is 1.79. The molecule has 0 aromatic heterocycles. The molecule has 2 fully saturated rings. The molecule has 2 heteroatoms. The van der Waals surface area contributed by atoms with E-state index in [0.717, 1.165) is 29.0 Å². The topological polar surface area (TPSA) is 34.1 Å². The van der Waals surface area contributed by atoms with E-state index in [1.807, 2.05) is 13.8 Å². The van der Waals surface area contributed by atoms with Crippen LogP contribution in [0.5, 0.6) is 0 Å². The van der Waals surface area contributed by atoms with Gasteiger partial charge in [0, 0.05) is 12.3 Å². The molecule has 3 rings (SSSR count). The molecule has 5 unspecified atom stereocenters. The van der Waals surface area contributed by atoms with Crippen LogP contribution in [0.3, 0.4) is 0 Å². The maximum Gasteiger partial charge on any atom is 0.151 e. The average Bonchev–Trinajstić information content (AvgIpc) is 2.78. The van der Waals surface area contributed by atoms with Gasteiger partial charge in [0.1, 0.15) is 11.7 Å². The van der Waals surface area contributed by atoms with Crippen LogP contribution in [-0.2, 0) is 9.59 Å². The van der Waals surface area contributed by atoms with E-state index in [0.29, 0.717) is 18.3 Å². The molecule has 1 aromatic rings. The summed E-state index contributed by atoms with van der Waals surface area (Å²) in [6, 6.07) is 4.20. The molecular weight excluding hydrogens is 308 g/mol. The van der Waals surface area contributed by atoms with Crippen molar-refractivity contribution in [1.82, 2.24) is 0 Å². The van der Waals surface area contributed by atoms with E-state index in [9.17, 15) is 9.59 Å². The second-order valence-electron chi connectivity index (χ2n) is 8.91. The second kappa shape index (κ2) is 7.05. The SMILES string of the molecule is Cc1cc(C)c(C2C(=O)CC(CC3CC(C)CCC3C)C2=O)c(C)c1. The number of hydrogen-bond acceptors (Lipinski definition) is 2. The molecule has 0 spiro atoms.